The minimum absolute atomic E-state index is 0.0264. The zero-order valence-electron chi connectivity index (χ0n) is 38.2. The molecule has 348 valence electrons. The molecule has 69 heavy (non-hydrogen) atoms. The van der Waals surface area contributed by atoms with Gasteiger partial charge in [0.15, 0.2) is 0 Å². The fraction of sp³-hybridized carbons (Fsp3) is 0.250. The zero-order valence-corrected chi connectivity index (χ0v) is 38.2. The molecular formula is C56H51N5O8. The average Bonchev–Trinajstić information content (AvgIpc) is 3.87. The van der Waals surface area contributed by atoms with Gasteiger partial charge >= 0.3 is 5.97 Å². The molecule has 0 saturated carbocycles. The van der Waals surface area contributed by atoms with E-state index in [0.29, 0.717) is 65.7 Å². The Balaban J connectivity index is 1.16. The van der Waals surface area contributed by atoms with Gasteiger partial charge in [0, 0.05) is 61.3 Å². The molecule has 6 aromatic rings. The number of cyclic esters (lactones) is 1. The van der Waals surface area contributed by atoms with Crippen molar-refractivity contribution in [3.63, 3.8) is 0 Å². The summed E-state index contributed by atoms with van der Waals surface area (Å²) in [6.45, 7) is 3.93. The Morgan fingerprint density at radius 3 is 2.10 bits per heavy atom. The lowest BCUT2D eigenvalue weighted by Gasteiger charge is -2.46. The number of hydrogen-bond acceptors (Lipinski definition) is 10. The summed E-state index contributed by atoms with van der Waals surface area (Å²) in [5.41, 5.74) is 4.14. The standard InChI is InChI=1S/C56H51N5O8/c1-36(63)59-28-30-60(31-29-59)43-23-21-42(22-24-43)57-53(64)48-50-54(65)69-51(40-12-7-4-8-13-40)49(39-10-5-3-6-11-39)61(50)52(41-14-9-15-45(35-41)68-33-32-62)56(48)46-34-38(20-27-47(46)58-55(56)66)17-16-37-18-25-44(67-2)26-19-37/h3-15,18-27,34-35,48-52,62H,28-33H2,1-2H3,(H,57,64)(H,58,66)/t48-,49-,50?,51+,52+,56?/m1/s1. The number of anilines is 3. The van der Waals surface area contributed by atoms with Crippen molar-refractivity contribution in [2.75, 3.05) is 62.0 Å². The van der Waals surface area contributed by atoms with Crippen molar-refractivity contribution >= 4 is 40.8 Å². The lowest BCUT2D eigenvalue weighted by molar-refractivity contribution is -0.177. The van der Waals surface area contributed by atoms with Gasteiger partial charge < -0.3 is 39.8 Å². The van der Waals surface area contributed by atoms with Crippen molar-refractivity contribution in [2.24, 2.45) is 5.92 Å². The van der Waals surface area contributed by atoms with Crippen molar-refractivity contribution in [1.82, 2.24) is 9.80 Å². The average molecular weight is 922 g/mol. The minimum atomic E-state index is -1.77. The van der Waals surface area contributed by atoms with Gasteiger partial charge in [0.05, 0.1) is 31.7 Å². The summed E-state index contributed by atoms with van der Waals surface area (Å²) in [6.07, 6.45) is -0.844. The number of aliphatic hydroxyl groups is 1. The summed E-state index contributed by atoms with van der Waals surface area (Å²) in [4.78, 5) is 64.9. The molecule has 0 bridgehead atoms. The van der Waals surface area contributed by atoms with Gasteiger partial charge in [-0.2, -0.15) is 0 Å². The lowest BCUT2D eigenvalue weighted by atomic mass is 9.65. The molecular weight excluding hydrogens is 871 g/mol. The van der Waals surface area contributed by atoms with E-state index in [0.717, 1.165) is 22.4 Å². The van der Waals surface area contributed by atoms with Crippen LogP contribution in [0.2, 0.25) is 0 Å². The van der Waals surface area contributed by atoms with E-state index in [2.05, 4.69) is 27.4 Å². The van der Waals surface area contributed by atoms with Gasteiger partial charge in [-0.05, 0) is 101 Å². The first-order valence-corrected chi connectivity index (χ1v) is 23.1. The number of carbonyl (C=O) groups is 4. The molecule has 1 spiro atoms. The molecule has 3 fully saturated rings. The quantitative estimate of drug-likeness (QED) is 0.0965. The first-order chi connectivity index (χ1) is 33.7. The first-order valence-electron chi connectivity index (χ1n) is 23.1. The number of nitrogens with one attached hydrogen (secondary N) is 2. The number of aliphatic hydroxyl groups excluding tert-OH is 1. The molecule has 0 aliphatic carbocycles. The summed E-state index contributed by atoms with van der Waals surface area (Å²) in [5, 5.41) is 16.1. The van der Waals surface area contributed by atoms with Crippen LogP contribution in [-0.4, -0.2) is 91.1 Å². The molecule has 4 aliphatic heterocycles. The van der Waals surface area contributed by atoms with Crippen LogP contribution in [0.15, 0.2) is 152 Å². The highest BCUT2D eigenvalue weighted by Crippen LogP contribution is 2.65. The van der Waals surface area contributed by atoms with Crippen molar-refractivity contribution < 1.29 is 38.5 Å². The van der Waals surface area contributed by atoms with Crippen LogP contribution < -0.4 is 25.0 Å². The van der Waals surface area contributed by atoms with Crippen molar-refractivity contribution in [3.8, 4) is 23.3 Å². The molecule has 0 aromatic heterocycles. The van der Waals surface area contributed by atoms with Crippen LogP contribution in [0.3, 0.4) is 0 Å². The van der Waals surface area contributed by atoms with Crippen LogP contribution in [0.4, 0.5) is 17.1 Å². The molecule has 13 nitrogen and oxygen atoms in total. The van der Waals surface area contributed by atoms with E-state index in [9.17, 15) is 9.90 Å². The van der Waals surface area contributed by atoms with Crippen LogP contribution in [0.5, 0.6) is 11.5 Å². The fourth-order valence-corrected chi connectivity index (χ4v) is 10.7. The Bertz CT molecular complexity index is 2950. The summed E-state index contributed by atoms with van der Waals surface area (Å²) in [5.74, 6) is 4.69. The van der Waals surface area contributed by atoms with Gasteiger partial charge in [-0.15, -0.1) is 0 Å². The predicted molar refractivity (Wildman–Crippen MR) is 261 cm³/mol. The molecule has 2 unspecified atom stereocenters. The van der Waals surface area contributed by atoms with Gasteiger partial charge in [0.2, 0.25) is 17.7 Å². The molecule has 3 amide bonds. The molecule has 13 heteroatoms. The van der Waals surface area contributed by atoms with Gasteiger partial charge in [0.1, 0.15) is 35.7 Å². The SMILES string of the molecule is COc1ccc(C#Cc2ccc3c(c2)C2(C(=O)N3)[C@H](c3cccc(OCCO)c3)N3C(C(=O)O[C@@H](c4ccccc4)[C@H]3c3ccccc3)[C@@H]2C(=O)Nc2ccc(N3CCN(C(C)=O)CC3)cc2)cc1. The summed E-state index contributed by atoms with van der Waals surface area (Å²) < 4.78 is 18.0. The second-order valence-electron chi connectivity index (χ2n) is 17.6. The number of fused-ring (bicyclic) bond motifs is 3. The monoisotopic (exact) mass is 921 g/mol. The number of carbonyl (C=O) groups excluding carboxylic acids is 4. The van der Waals surface area contributed by atoms with Gasteiger partial charge in [-0.3, -0.25) is 24.1 Å². The van der Waals surface area contributed by atoms with E-state index in [1.165, 1.54) is 0 Å². The van der Waals surface area contributed by atoms with E-state index in [4.69, 9.17) is 14.2 Å². The number of rotatable bonds is 10. The molecule has 6 aromatic carbocycles. The Hall–Kier alpha value is -7.92. The molecule has 6 atom stereocenters. The summed E-state index contributed by atoms with van der Waals surface area (Å²) in [6, 6.07) is 44.0. The summed E-state index contributed by atoms with van der Waals surface area (Å²) in [7, 11) is 1.60. The maximum atomic E-state index is 15.8. The Morgan fingerprint density at radius 2 is 1.42 bits per heavy atom. The van der Waals surface area contributed by atoms with Crippen molar-refractivity contribution in [3.05, 3.63) is 185 Å². The van der Waals surface area contributed by atoms with E-state index in [-0.39, 0.29) is 19.1 Å². The third-order valence-corrected chi connectivity index (χ3v) is 13.8. The number of hydrogen-bond donors (Lipinski definition) is 3. The van der Waals surface area contributed by atoms with Gasteiger partial charge in [-0.25, -0.2) is 0 Å². The van der Waals surface area contributed by atoms with Crippen molar-refractivity contribution in [2.45, 2.75) is 36.6 Å². The largest absolute Gasteiger partial charge is 0.497 e. The predicted octanol–water partition coefficient (Wildman–Crippen LogP) is 7.04. The number of nitrogens with zero attached hydrogens (tertiary/aromatic N) is 3. The van der Waals surface area contributed by atoms with E-state index in [1.54, 1.807) is 26.2 Å². The highest BCUT2D eigenvalue weighted by molar-refractivity contribution is 6.13. The summed E-state index contributed by atoms with van der Waals surface area (Å²) >= 11 is 0. The number of morpholine rings is 1. The van der Waals surface area contributed by atoms with Crippen LogP contribution in [0, 0.1) is 17.8 Å². The number of piperazine rings is 1. The van der Waals surface area contributed by atoms with E-state index in [1.807, 2.05) is 149 Å². The fourth-order valence-electron chi connectivity index (χ4n) is 10.7. The second kappa shape index (κ2) is 19.0. The topological polar surface area (TPSA) is 150 Å². The molecule has 3 saturated heterocycles. The number of amides is 3. The van der Waals surface area contributed by atoms with Crippen LogP contribution in [0.1, 0.15) is 58.5 Å². The van der Waals surface area contributed by atoms with Gasteiger partial charge in [0.25, 0.3) is 0 Å². The molecule has 4 aliphatic rings. The Morgan fingerprint density at radius 1 is 0.754 bits per heavy atom. The van der Waals surface area contributed by atoms with E-state index >= 15 is 14.4 Å². The van der Waals surface area contributed by atoms with Crippen LogP contribution in [-0.2, 0) is 29.3 Å². The molecule has 10 rings (SSSR count). The third-order valence-electron chi connectivity index (χ3n) is 13.8. The minimum Gasteiger partial charge on any atom is -0.497 e. The van der Waals surface area contributed by atoms with E-state index < -0.39 is 53.3 Å². The maximum absolute atomic E-state index is 15.8. The number of benzene rings is 6. The molecule has 4 heterocycles. The smallest absolute Gasteiger partial charge is 0.324 e. The first kappa shape index (κ1) is 44.9. The van der Waals surface area contributed by atoms with Crippen LogP contribution in [0.25, 0.3) is 0 Å². The third kappa shape index (κ3) is 8.32. The highest BCUT2D eigenvalue weighted by atomic mass is 16.6. The Kier molecular flexibility index (Phi) is 12.4. The lowest BCUT2D eigenvalue weighted by Crippen LogP contribution is -2.53. The van der Waals surface area contributed by atoms with Crippen molar-refractivity contribution in [1.29, 1.82) is 0 Å². The zero-order chi connectivity index (χ0) is 47.6. The maximum Gasteiger partial charge on any atom is 0.324 e. The van der Waals surface area contributed by atoms with Gasteiger partial charge in [-0.1, -0.05) is 84.6 Å². The number of ether oxygens (including phenoxy) is 3. The molecule has 3 N–H and O–H groups in total. The number of esters is 1. The number of methoxy groups -OCH3 is 1. The second-order valence-corrected chi connectivity index (χ2v) is 17.6. The van der Waals surface area contributed by atoms with Crippen LogP contribution >= 0.6 is 0 Å². The normalized spacial score (nSPS) is 22.7. The highest BCUT2D eigenvalue weighted by Gasteiger charge is 2.74. The Labute approximate surface area is 400 Å². The molecule has 0 radical (unpaired) electrons.